The Kier molecular flexibility index (Phi) is 2.20. The summed E-state index contributed by atoms with van der Waals surface area (Å²) in [6.07, 6.45) is 0. The molecular weight excluding hydrogens is 271 g/mol. The number of aromatic nitrogens is 2. The van der Waals surface area contributed by atoms with Gasteiger partial charge in [0, 0.05) is 4.47 Å². The predicted octanol–water partition coefficient (Wildman–Crippen LogP) is 2.68. The van der Waals surface area contributed by atoms with Crippen LogP contribution in [-0.2, 0) is 0 Å². The van der Waals surface area contributed by atoms with E-state index in [2.05, 4.69) is 26.1 Å². The van der Waals surface area contributed by atoms with Crippen LogP contribution in [0.5, 0.6) is 0 Å². The molecule has 0 atom stereocenters. The van der Waals surface area contributed by atoms with Crippen molar-refractivity contribution in [3.8, 4) is 0 Å². The van der Waals surface area contributed by atoms with Crippen molar-refractivity contribution in [2.24, 2.45) is 0 Å². The van der Waals surface area contributed by atoms with Gasteiger partial charge in [-0.25, -0.2) is 4.79 Å². The van der Waals surface area contributed by atoms with Gasteiger partial charge in [0.15, 0.2) is 0 Å². The number of carboxylic acid groups (broad SMARTS) is 1. The summed E-state index contributed by atoms with van der Waals surface area (Å²) < 4.78 is 0.617. The largest absolute Gasteiger partial charge is 0.478 e. The summed E-state index contributed by atoms with van der Waals surface area (Å²) in [5.41, 5.74) is 0.703. The summed E-state index contributed by atoms with van der Waals surface area (Å²) in [6.45, 7) is 0. The molecule has 0 saturated carbocycles. The van der Waals surface area contributed by atoms with Crippen LogP contribution in [0.1, 0.15) is 10.4 Å². The van der Waals surface area contributed by atoms with Crippen LogP contribution in [0.4, 0.5) is 0 Å². The molecule has 2 N–H and O–H groups in total. The van der Waals surface area contributed by atoms with E-state index in [-0.39, 0.29) is 5.56 Å². The minimum Gasteiger partial charge on any atom is -0.478 e. The number of carbonyl (C=O) groups is 1. The molecule has 1 heterocycles. The van der Waals surface area contributed by atoms with E-state index in [4.69, 9.17) is 16.7 Å². The number of hydrogen-bond acceptors (Lipinski definition) is 2. The highest BCUT2D eigenvalue weighted by molar-refractivity contribution is 9.10. The highest BCUT2D eigenvalue weighted by atomic mass is 79.9. The number of benzene rings is 1. The van der Waals surface area contributed by atoms with Crippen LogP contribution in [0, 0.1) is 0 Å². The van der Waals surface area contributed by atoms with Crippen LogP contribution in [0.15, 0.2) is 16.6 Å². The Morgan fingerprint density at radius 3 is 2.93 bits per heavy atom. The molecule has 0 fully saturated rings. The summed E-state index contributed by atoms with van der Waals surface area (Å²) in [7, 11) is 0. The van der Waals surface area contributed by atoms with Gasteiger partial charge in [0.2, 0.25) is 0 Å². The normalized spacial score (nSPS) is 10.7. The quantitative estimate of drug-likeness (QED) is 0.841. The van der Waals surface area contributed by atoms with E-state index in [0.717, 1.165) is 0 Å². The fourth-order valence-electron chi connectivity index (χ4n) is 1.19. The number of aromatic amines is 1. The highest BCUT2D eigenvalue weighted by Crippen LogP contribution is 2.29. The number of H-pyrrole nitrogens is 1. The van der Waals surface area contributed by atoms with Crippen LogP contribution in [0.3, 0.4) is 0 Å². The minimum atomic E-state index is -0.994. The molecule has 0 radical (unpaired) electrons. The number of nitrogens with one attached hydrogen (secondary N) is 1. The van der Waals surface area contributed by atoms with Crippen molar-refractivity contribution >= 4 is 44.4 Å². The fraction of sp³-hybridized carbons (Fsp3) is 0. The zero-order chi connectivity index (χ0) is 10.3. The van der Waals surface area contributed by atoms with Crippen LogP contribution in [-0.4, -0.2) is 21.3 Å². The second-order valence-electron chi connectivity index (χ2n) is 2.69. The third-order valence-corrected chi connectivity index (χ3v) is 2.71. The van der Waals surface area contributed by atoms with Crippen LogP contribution < -0.4 is 0 Å². The molecule has 6 heteroatoms. The second kappa shape index (κ2) is 3.25. The van der Waals surface area contributed by atoms with Crippen LogP contribution in [0.25, 0.3) is 10.9 Å². The number of rotatable bonds is 1. The molecule has 1 aromatic carbocycles. The molecule has 72 valence electrons. The van der Waals surface area contributed by atoms with Gasteiger partial charge in [-0.05, 0) is 28.1 Å². The van der Waals surface area contributed by atoms with Gasteiger partial charge >= 0.3 is 5.97 Å². The molecule has 0 bridgehead atoms. The van der Waals surface area contributed by atoms with Crippen molar-refractivity contribution in [1.82, 2.24) is 10.2 Å². The summed E-state index contributed by atoms with van der Waals surface area (Å²) >= 11 is 9.05. The zero-order valence-electron chi connectivity index (χ0n) is 6.71. The van der Waals surface area contributed by atoms with Gasteiger partial charge in [-0.1, -0.05) is 11.6 Å². The van der Waals surface area contributed by atoms with Crippen molar-refractivity contribution in [2.45, 2.75) is 0 Å². The van der Waals surface area contributed by atoms with Crippen molar-refractivity contribution in [3.05, 3.63) is 27.3 Å². The fourth-order valence-corrected chi connectivity index (χ4v) is 2.19. The molecular formula is C8H4BrClN2O2. The Bertz CT molecular complexity index is 523. The van der Waals surface area contributed by atoms with Crippen molar-refractivity contribution in [3.63, 3.8) is 0 Å². The monoisotopic (exact) mass is 274 g/mol. The maximum atomic E-state index is 10.7. The number of fused-ring (bicyclic) bond motifs is 1. The van der Waals surface area contributed by atoms with Gasteiger partial charge < -0.3 is 5.11 Å². The number of halogens is 2. The molecule has 4 nitrogen and oxygen atoms in total. The molecule has 0 unspecified atom stereocenters. The Morgan fingerprint density at radius 1 is 1.57 bits per heavy atom. The maximum Gasteiger partial charge on any atom is 0.335 e. The van der Waals surface area contributed by atoms with Crippen molar-refractivity contribution in [1.29, 1.82) is 0 Å². The molecule has 2 aromatic rings. The average molecular weight is 275 g/mol. The van der Waals surface area contributed by atoms with Gasteiger partial charge in [0.1, 0.15) is 5.15 Å². The van der Waals surface area contributed by atoms with E-state index in [9.17, 15) is 4.79 Å². The first-order valence-corrected chi connectivity index (χ1v) is 4.83. The summed E-state index contributed by atoms with van der Waals surface area (Å²) in [4.78, 5) is 10.7. The topological polar surface area (TPSA) is 66.0 Å². The summed E-state index contributed by atoms with van der Waals surface area (Å²) in [5.74, 6) is -0.994. The lowest BCUT2D eigenvalue weighted by Gasteiger charge is -1.97. The first-order chi connectivity index (χ1) is 6.59. The molecule has 2 rings (SSSR count). The SMILES string of the molecule is O=C(O)c1cc(Br)c2c(Cl)[nH]nc2c1. The number of aromatic carboxylic acids is 1. The Hall–Kier alpha value is -1.07. The Balaban J connectivity index is 2.80. The molecule has 0 spiro atoms. The average Bonchev–Trinajstić information content (AvgIpc) is 2.48. The molecule has 0 saturated heterocycles. The van der Waals surface area contributed by atoms with E-state index in [1.54, 1.807) is 0 Å². The second-order valence-corrected chi connectivity index (χ2v) is 3.93. The third-order valence-electron chi connectivity index (χ3n) is 1.81. The zero-order valence-corrected chi connectivity index (χ0v) is 9.06. The van der Waals surface area contributed by atoms with E-state index in [1.165, 1.54) is 12.1 Å². The van der Waals surface area contributed by atoms with Gasteiger partial charge in [-0.3, -0.25) is 5.10 Å². The highest BCUT2D eigenvalue weighted by Gasteiger charge is 2.12. The van der Waals surface area contributed by atoms with E-state index in [1.807, 2.05) is 0 Å². The molecule has 14 heavy (non-hydrogen) atoms. The predicted molar refractivity (Wildman–Crippen MR) is 55.8 cm³/mol. The summed E-state index contributed by atoms with van der Waals surface area (Å²) in [6, 6.07) is 2.96. The molecule has 0 amide bonds. The van der Waals surface area contributed by atoms with E-state index < -0.39 is 5.97 Å². The molecule has 0 aliphatic heterocycles. The minimum absolute atomic E-state index is 0.174. The van der Waals surface area contributed by atoms with Crippen LogP contribution >= 0.6 is 27.5 Å². The van der Waals surface area contributed by atoms with Gasteiger partial charge in [-0.2, -0.15) is 5.10 Å². The lowest BCUT2D eigenvalue weighted by atomic mass is 10.2. The third kappa shape index (κ3) is 1.38. The number of nitrogens with zero attached hydrogens (tertiary/aromatic N) is 1. The van der Waals surface area contributed by atoms with Crippen molar-refractivity contribution < 1.29 is 9.90 Å². The smallest absolute Gasteiger partial charge is 0.335 e. The number of carboxylic acids is 1. The van der Waals surface area contributed by atoms with Gasteiger partial charge in [0.05, 0.1) is 16.5 Å². The Morgan fingerprint density at radius 2 is 2.29 bits per heavy atom. The van der Waals surface area contributed by atoms with Gasteiger partial charge in [-0.15, -0.1) is 0 Å². The van der Waals surface area contributed by atoms with E-state index in [0.29, 0.717) is 20.5 Å². The maximum absolute atomic E-state index is 10.7. The standard InChI is InChI=1S/C8H4BrClN2O2/c9-4-1-3(8(13)14)2-5-6(4)7(10)12-11-5/h1-2H,(H,11,12)(H,13,14). The lowest BCUT2D eigenvalue weighted by Crippen LogP contribution is -1.95. The van der Waals surface area contributed by atoms with Crippen LogP contribution in [0.2, 0.25) is 5.15 Å². The molecule has 0 aliphatic rings. The molecule has 1 aromatic heterocycles. The molecule has 0 aliphatic carbocycles. The Labute approximate surface area is 92.0 Å². The lowest BCUT2D eigenvalue weighted by molar-refractivity contribution is 0.0697. The summed E-state index contributed by atoms with van der Waals surface area (Å²) in [5, 5.41) is 16.3. The van der Waals surface area contributed by atoms with E-state index >= 15 is 0 Å². The first-order valence-electron chi connectivity index (χ1n) is 3.66. The van der Waals surface area contributed by atoms with Crippen molar-refractivity contribution in [2.75, 3.05) is 0 Å². The number of hydrogen-bond donors (Lipinski definition) is 2. The van der Waals surface area contributed by atoms with Gasteiger partial charge in [0.25, 0.3) is 0 Å². The first kappa shape index (κ1) is 9.48.